The van der Waals surface area contributed by atoms with Crippen LogP contribution in [0.1, 0.15) is 64.7 Å². The quantitative estimate of drug-likeness (QED) is 0.422. The number of amides is 2. The molecule has 30 heavy (non-hydrogen) atoms. The number of likely N-dealkylation sites (tertiary alicyclic amines) is 1. The number of fused-ring (bicyclic) bond motifs is 1. The number of carbonyl (C=O) groups excluding carboxylic acids is 2. The van der Waals surface area contributed by atoms with E-state index >= 15 is 0 Å². The van der Waals surface area contributed by atoms with Crippen LogP contribution in [0, 0.1) is 5.92 Å². The lowest BCUT2D eigenvalue weighted by Crippen LogP contribution is -2.41. The first-order chi connectivity index (χ1) is 14.6. The maximum atomic E-state index is 12.6. The van der Waals surface area contributed by atoms with Gasteiger partial charge in [-0.2, -0.15) is 0 Å². The van der Waals surface area contributed by atoms with Crippen LogP contribution >= 0.6 is 0 Å². The Hall–Kier alpha value is -2.70. The second-order valence-corrected chi connectivity index (χ2v) is 8.10. The molecule has 1 saturated heterocycles. The van der Waals surface area contributed by atoms with E-state index in [2.05, 4.69) is 22.1 Å². The number of nitrogens with zero attached hydrogens (tertiary/aromatic N) is 3. The Morgan fingerprint density at radius 1 is 1.17 bits per heavy atom. The van der Waals surface area contributed by atoms with Gasteiger partial charge in [0, 0.05) is 24.9 Å². The number of nitrogens with one attached hydrogen (secondary N) is 1. The van der Waals surface area contributed by atoms with E-state index in [1.54, 1.807) is 4.90 Å². The Bertz CT molecular complexity index is 890. The van der Waals surface area contributed by atoms with Gasteiger partial charge in [0.05, 0.1) is 11.4 Å². The van der Waals surface area contributed by atoms with Gasteiger partial charge in [0.25, 0.3) is 5.91 Å². The molecule has 2 aromatic rings. The van der Waals surface area contributed by atoms with Gasteiger partial charge in [-0.25, -0.2) is 0 Å². The molecule has 2 amide bonds. The van der Waals surface area contributed by atoms with E-state index in [9.17, 15) is 14.7 Å². The fourth-order valence-corrected chi connectivity index (χ4v) is 4.02. The van der Waals surface area contributed by atoms with E-state index in [1.807, 2.05) is 24.3 Å². The van der Waals surface area contributed by atoms with Crippen LogP contribution in [0.4, 0.5) is 5.69 Å². The minimum absolute atomic E-state index is 0.105. The zero-order chi connectivity index (χ0) is 21.3. The van der Waals surface area contributed by atoms with Crippen molar-refractivity contribution < 1.29 is 14.7 Å². The summed E-state index contributed by atoms with van der Waals surface area (Å²) in [7, 11) is 0. The van der Waals surface area contributed by atoms with E-state index in [1.165, 1.54) is 25.7 Å². The molecule has 1 fully saturated rings. The molecular formula is C23H32N4O3. The van der Waals surface area contributed by atoms with Gasteiger partial charge < -0.3 is 15.0 Å². The maximum absolute atomic E-state index is 12.6. The highest BCUT2D eigenvalue weighted by Crippen LogP contribution is 2.35. The Kier molecular flexibility index (Phi) is 7.99. The first-order valence-electron chi connectivity index (χ1n) is 11.1. The number of hydrogen-bond donors (Lipinski definition) is 2. The van der Waals surface area contributed by atoms with Crippen LogP contribution in [0.5, 0.6) is 5.88 Å². The lowest BCUT2D eigenvalue weighted by atomic mass is 9.97. The molecule has 7 nitrogen and oxygen atoms in total. The summed E-state index contributed by atoms with van der Waals surface area (Å²) in [5.41, 5.74) is 1.01. The average molecular weight is 413 g/mol. The molecule has 1 aliphatic heterocycles. The molecule has 2 heterocycles. The van der Waals surface area contributed by atoms with Crippen molar-refractivity contribution in [2.24, 2.45) is 16.1 Å². The number of piperidine rings is 1. The highest BCUT2D eigenvalue weighted by molar-refractivity contribution is 5.94. The molecule has 1 aromatic heterocycles. The van der Waals surface area contributed by atoms with Crippen molar-refractivity contribution in [3.8, 4) is 5.88 Å². The lowest BCUT2D eigenvalue weighted by molar-refractivity contribution is -0.135. The van der Waals surface area contributed by atoms with Gasteiger partial charge in [0.1, 0.15) is 0 Å². The van der Waals surface area contributed by atoms with Crippen molar-refractivity contribution in [1.82, 2.24) is 9.88 Å². The lowest BCUT2D eigenvalue weighted by Gasteiger charge is -2.31. The number of carbonyl (C=O) groups is 2. The number of aromatic hydroxyl groups is 1. The topological polar surface area (TPSA) is 98.1 Å². The summed E-state index contributed by atoms with van der Waals surface area (Å²) < 4.78 is 0. The first kappa shape index (κ1) is 22.0. The fraction of sp³-hybridized carbons (Fsp3) is 0.565. The van der Waals surface area contributed by atoms with Crippen LogP contribution in [0.15, 0.2) is 34.5 Å². The molecule has 1 aromatic carbocycles. The minimum Gasteiger partial charge on any atom is -0.493 e. The number of H-pyrrole nitrogens is 1. The smallest absolute Gasteiger partial charge is 0.269 e. The number of aromatic nitrogens is 1. The van der Waals surface area contributed by atoms with Crippen molar-refractivity contribution in [3.05, 3.63) is 24.3 Å². The molecule has 0 aliphatic carbocycles. The highest BCUT2D eigenvalue weighted by atomic mass is 16.3. The van der Waals surface area contributed by atoms with Gasteiger partial charge >= 0.3 is 0 Å². The number of unbranched alkanes of at least 4 members (excludes halogenated alkanes) is 5. The fourth-order valence-electron chi connectivity index (χ4n) is 4.02. The van der Waals surface area contributed by atoms with Crippen molar-refractivity contribution >= 4 is 28.4 Å². The van der Waals surface area contributed by atoms with E-state index in [4.69, 9.17) is 0 Å². The normalized spacial score (nSPS) is 17.1. The van der Waals surface area contributed by atoms with Gasteiger partial charge in [0.2, 0.25) is 11.8 Å². The van der Waals surface area contributed by atoms with Crippen molar-refractivity contribution in [2.45, 2.75) is 64.7 Å². The first-order valence-corrected chi connectivity index (χ1v) is 11.1. The Morgan fingerprint density at radius 3 is 2.77 bits per heavy atom. The molecule has 7 heteroatoms. The summed E-state index contributed by atoms with van der Waals surface area (Å²) in [6.45, 7) is 3.31. The molecule has 0 bridgehead atoms. The third kappa shape index (κ3) is 5.68. The van der Waals surface area contributed by atoms with Gasteiger partial charge in [-0.05, 0) is 25.3 Å². The minimum atomic E-state index is -0.336. The molecule has 1 atom stereocenters. The van der Waals surface area contributed by atoms with E-state index in [-0.39, 0.29) is 29.3 Å². The molecular weight excluding hydrogens is 380 g/mol. The van der Waals surface area contributed by atoms with Gasteiger partial charge in [-0.1, -0.05) is 57.2 Å². The second-order valence-electron chi connectivity index (χ2n) is 8.10. The highest BCUT2D eigenvalue weighted by Gasteiger charge is 2.28. The van der Waals surface area contributed by atoms with Crippen LogP contribution in [0.3, 0.4) is 0 Å². The summed E-state index contributed by atoms with van der Waals surface area (Å²) in [6, 6.07) is 7.33. The standard InChI is InChI=1S/C23H32N4O3/c1-2-3-4-5-6-7-14-20(28)27-15-10-11-17(16-27)22(29)26-25-21-18-12-8-9-13-19(18)24-23(21)30/h8-9,12-13,17,24,30H,2-7,10-11,14-16H2,1H3/t17-/m1/s1. The zero-order valence-electron chi connectivity index (χ0n) is 17.8. The zero-order valence-corrected chi connectivity index (χ0v) is 17.8. The number of para-hydroxylation sites is 1. The predicted molar refractivity (Wildman–Crippen MR) is 117 cm³/mol. The van der Waals surface area contributed by atoms with Crippen LogP contribution in [0.2, 0.25) is 0 Å². The molecule has 0 radical (unpaired) electrons. The molecule has 1 aliphatic rings. The van der Waals surface area contributed by atoms with Crippen molar-refractivity contribution in [1.29, 1.82) is 0 Å². The summed E-state index contributed by atoms with van der Waals surface area (Å²) in [5, 5.41) is 18.6. The van der Waals surface area contributed by atoms with Crippen LogP contribution in [0.25, 0.3) is 10.9 Å². The molecule has 3 rings (SSSR count). The van der Waals surface area contributed by atoms with E-state index < -0.39 is 0 Å². The molecule has 162 valence electrons. The van der Waals surface area contributed by atoms with Gasteiger partial charge in [0.15, 0.2) is 5.69 Å². The Balaban J connectivity index is 1.52. The van der Waals surface area contributed by atoms with E-state index in [0.29, 0.717) is 31.3 Å². The Morgan fingerprint density at radius 2 is 1.93 bits per heavy atom. The number of azo groups is 1. The number of aromatic amines is 1. The molecule has 0 unspecified atom stereocenters. The third-order valence-electron chi connectivity index (χ3n) is 5.78. The Labute approximate surface area is 177 Å². The second kappa shape index (κ2) is 10.9. The molecule has 0 spiro atoms. The monoisotopic (exact) mass is 412 g/mol. The van der Waals surface area contributed by atoms with E-state index in [0.717, 1.165) is 24.8 Å². The van der Waals surface area contributed by atoms with Crippen LogP contribution < -0.4 is 0 Å². The number of rotatable bonds is 9. The molecule has 2 N–H and O–H groups in total. The molecule has 0 saturated carbocycles. The summed E-state index contributed by atoms with van der Waals surface area (Å²) >= 11 is 0. The average Bonchev–Trinajstić information content (AvgIpc) is 3.09. The number of benzene rings is 1. The third-order valence-corrected chi connectivity index (χ3v) is 5.78. The predicted octanol–water partition coefficient (Wildman–Crippen LogP) is 5.47. The van der Waals surface area contributed by atoms with Crippen molar-refractivity contribution in [2.75, 3.05) is 13.1 Å². The van der Waals surface area contributed by atoms with Gasteiger partial charge in [-0.15, -0.1) is 10.2 Å². The van der Waals surface area contributed by atoms with Gasteiger partial charge in [-0.3, -0.25) is 9.59 Å². The maximum Gasteiger partial charge on any atom is 0.269 e. The summed E-state index contributed by atoms with van der Waals surface area (Å²) in [6.07, 6.45) is 8.96. The summed E-state index contributed by atoms with van der Waals surface area (Å²) in [4.78, 5) is 29.7. The summed E-state index contributed by atoms with van der Waals surface area (Å²) in [5.74, 6) is -0.638. The SMILES string of the molecule is CCCCCCCCC(=O)N1CCC[C@@H](C(=O)N=Nc2c(O)[nH]c3ccccc23)C1. The van der Waals surface area contributed by atoms with Crippen LogP contribution in [-0.2, 0) is 9.59 Å². The number of hydrogen-bond acceptors (Lipinski definition) is 4. The van der Waals surface area contributed by atoms with Crippen molar-refractivity contribution in [3.63, 3.8) is 0 Å². The largest absolute Gasteiger partial charge is 0.493 e. The van der Waals surface area contributed by atoms with Crippen LogP contribution in [-0.4, -0.2) is 39.9 Å².